The second-order valence-electron chi connectivity index (χ2n) is 8.35. The van der Waals surface area contributed by atoms with Crippen LogP contribution < -0.4 is 5.32 Å². The zero-order chi connectivity index (χ0) is 22.4. The van der Waals surface area contributed by atoms with E-state index in [9.17, 15) is 9.59 Å². The van der Waals surface area contributed by atoms with Crippen LogP contribution >= 0.6 is 11.6 Å². The highest BCUT2D eigenvalue weighted by atomic mass is 35.5. The van der Waals surface area contributed by atoms with Crippen molar-refractivity contribution in [1.82, 2.24) is 9.80 Å². The minimum atomic E-state index is -0.0508. The number of benzene rings is 2. The Kier molecular flexibility index (Phi) is 8.10. The van der Waals surface area contributed by atoms with Crippen molar-refractivity contribution in [2.45, 2.75) is 46.1 Å². The molecule has 1 N–H and O–H groups in total. The van der Waals surface area contributed by atoms with Crippen LogP contribution in [0.15, 0.2) is 42.5 Å². The summed E-state index contributed by atoms with van der Waals surface area (Å²) >= 11 is 6.36. The van der Waals surface area contributed by atoms with E-state index >= 15 is 0 Å². The lowest BCUT2D eigenvalue weighted by molar-refractivity contribution is -0.118. The van der Waals surface area contributed by atoms with Gasteiger partial charge in [0.05, 0.1) is 17.3 Å². The molecule has 2 amide bonds. The SMILES string of the molecule is CCCN(CC(=O)Nc1c(C)cc(C)cc1Cl)C1CCN(C(=O)c2ccccc2)CC1. The van der Waals surface area contributed by atoms with E-state index < -0.39 is 0 Å². The van der Waals surface area contributed by atoms with Gasteiger partial charge in [-0.25, -0.2) is 0 Å². The van der Waals surface area contributed by atoms with Crippen molar-refractivity contribution in [2.75, 3.05) is 31.5 Å². The fourth-order valence-corrected chi connectivity index (χ4v) is 4.68. The quantitative estimate of drug-likeness (QED) is 0.664. The normalized spacial score (nSPS) is 14.7. The van der Waals surface area contributed by atoms with Gasteiger partial charge in [0.15, 0.2) is 0 Å². The molecule has 0 bridgehead atoms. The van der Waals surface area contributed by atoms with Crippen LogP contribution in [-0.2, 0) is 4.79 Å². The molecule has 6 heteroatoms. The maximum absolute atomic E-state index is 12.8. The first kappa shape index (κ1) is 23.3. The van der Waals surface area contributed by atoms with E-state index in [4.69, 9.17) is 11.6 Å². The van der Waals surface area contributed by atoms with E-state index in [1.165, 1.54) is 0 Å². The number of hydrogen-bond donors (Lipinski definition) is 1. The van der Waals surface area contributed by atoms with E-state index in [1.54, 1.807) is 0 Å². The molecule has 0 atom stereocenters. The highest BCUT2D eigenvalue weighted by Crippen LogP contribution is 2.27. The van der Waals surface area contributed by atoms with Crippen molar-refractivity contribution < 1.29 is 9.59 Å². The lowest BCUT2D eigenvalue weighted by Crippen LogP contribution is -2.49. The largest absolute Gasteiger partial charge is 0.339 e. The van der Waals surface area contributed by atoms with Crippen molar-refractivity contribution >= 4 is 29.1 Å². The first-order chi connectivity index (χ1) is 14.9. The van der Waals surface area contributed by atoms with Gasteiger partial charge < -0.3 is 10.2 Å². The minimum Gasteiger partial charge on any atom is -0.339 e. The Bertz CT molecular complexity index is 885. The second-order valence-corrected chi connectivity index (χ2v) is 8.75. The van der Waals surface area contributed by atoms with Crippen LogP contribution in [0.4, 0.5) is 5.69 Å². The summed E-state index contributed by atoms with van der Waals surface area (Å²) in [4.78, 5) is 29.7. The fraction of sp³-hybridized carbons (Fsp3) is 0.440. The number of carbonyl (C=O) groups is 2. The lowest BCUT2D eigenvalue weighted by atomic mass is 10.0. The monoisotopic (exact) mass is 441 g/mol. The molecule has 1 heterocycles. The van der Waals surface area contributed by atoms with Crippen LogP contribution in [0.3, 0.4) is 0 Å². The number of piperidine rings is 1. The van der Waals surface area contributed by atoms with Crippen LogP contribution in [0.5, 0.6) is 0 Å². The first-order valence-corrected chi connectivity index (χ1v) is 11.4. The number of aryl methyl sites for hydroxylation is 2. The van der Waals surface area contributed by atoms with Crippen molar-refractivity contribution in [2.24, 2.45) is 0 Å². The molecule has 1 saturated heterocycles. The van der Waals surface area contributed by atoms with Gasteiger partial charge >= 0.3 is 0 Å². The molecule has 1 aliphatic heterocycles. The molecule has 0 aliphatic carbocycles. The van der Waals surface area contributed by atoms with Gasteiger partial charge in [0.2, 0.25) is 5.91 Å². The van der Waals surface area contributed by atoms with Gasteiger partial charge in [-0.3, -0.25) is 14.5 Å². The summed E-state index contributed by atoms with van der Waals surface area (Å²) in [6.45, 7) is 8.67. The molecule has 3 rings (SSSR count). The summed E-state index contributed by atoms with van der Waals surface area (Å²) in [6, 6.07) is 13.6. The van der Waals surface area contributed by atoms with Gasteiger partial charge in [-0.15, -0.1) is 0 Å². The average Bonchev–Trinajstić information content (AvgIpc) is 2.76. The number of carbonyl (C=O) groups excluding carboxylic acids is 2. The summed E-state index contributed by atoms with van der Waals surface area (Å²) in [6.07, 6.45) is 2.72. The van der Waals surface area contributed by atoms with E-state index in [2.05, 4.69) is 17.1 Å². The van der Waals surface area contributed by atoms with Crippen LogP contribution in [0, 0.1) is 13.8 Å². The Morgan fingerprint density at radius 1 is 1.13 bits per heavy atom. The number of halogens is 1. The Hall–Kier alpha value is -2.37. The molecule has 0 unspecified atom stereocenters. The first-order valence-electron chi connectivity index (χ1n) is 11.0. The predicted octanol–water partition coefficient (Wildman–Crippen LogP) is 4.91. The summed E-state index contributed by atoms with van der Waals surface area (Å²) in [5.74, 6) is 0.0356. The van der Waals surface area contributed by atoms with E-state index in [0.717, 1.165) is 42.5 Å². The number of hydrogen-bond acceptors (Lipinski definition) is 3. The number of anilines is 1. The summed E-state index contributed by atoms with van der Waals surface area (Å²) in [5, 5.41) is 3.58. The third-order valence-corrected chi connectivity index (χ3v) is 6.14. The highest BCUT2D eigenvalue weighted by Gasteiger charge is 2.28. The zero-order valence-corrected chi connectivity index (χ0v) is 19.4. The van der Waals surface area contributed by atoms with Gasteiger partial charge in [-0.2, -0.15) is 0 Å². The maximum atomic E-state index is 12.8. The number of amides is 2. The van der Waals surface area contributed by atoms with Crippen molar-refractivity contribution in [3.05, 3.63) is 64.2 Å². The zero-order valence-electron chi connectivity index (χ0n) is 18.7. The second kappa shape index (κ2) is 10.8. The summed E-state index contributed by atoms with van der Waals surface area (Å²) in [5.41, 5.74) is 3.46. The third kappa shape index (κ3) is 6.08. The number of nitrogens with zero attached hydrogens (tertiary/aromatic N) is 2. The van der Waals surface area contributed by atoms with Crippen molar-refractivity contribution in [3.63, 3.8) is 0 Å². The minimum absolute atomic E-state index is 0.0508. The Balaban J connectivity index is 1.59. The van der Waals surface area contributed by atoms with Gasteiger partial charge in [-0.1, -0.05) is 42.8 Å². The summed E-state index contributed by atoms with van der Waals surface area (Å²) < 4.78 is 0. The maximum Gasteiger partial charge on any atom is 0.253 e. The molecule has 1 aliphatic rings. The molecule has 0 radical (unpaired) electrons. The molecule has 5 nitrogen and oxygen atoms in total. The molecular weight excluding hydrogens is 410 g/mol. The number of rotatable bonds is 7. The topological polar surface area (TPSA) is 52.7 Å². The lowest BCUT2D eigenvalue weighted by Gasteiger charge is -2.38. The molecule has 2 aromatic carbocycles. The molecular formula is C25H32ClN3O2. The number of nitrogens with one attached hydrogen (secondary N) is 1. The molecule has 1 fully saturated rings. The van der Waals surface area contributed by atoms with Crippen LogP contribution in [-0.4, -0.2) is 53.8 Å². The van der Waals surface area contributed by atoms with E-state index in [1.807, 2.05) is 61.2 Å². The molecule has 2 aromatic rings. The summed E-state index contributed by atoms with van der Waals surface area (Å²) in [7, 11) is 0. The molecule has 0 aromatic heterocycles. The van der Waals surface area contributed by atoms with Gasteiger partial charge in [-0.05, 0) is 69.0 Å². The van der Waals surface area contributed by atoms with E-state index in [-0.39, 0.29) is 11.8 Å². The number of likely N-dealkylation sites (tertiary alicyclic amines) is 1. The third-order valence-electron chi connectivity index (χ3n) is 5.84. The molecule has 0 spiro atoms. The predicted molar refractivity (Wildman–Crippen MR) is 127 cm³/mol. The fourth-order valence-electron chi connectivity index (χ4n) is 4.31. The van der Waals surface area contributed by atoms with Gasteiger partial charge in [0, 0.05) is 24.7 Å². The molecule has 0 saturated carbocycles. The molecule has 31 heavy (non-hydrogen) atoms. The van der Waals surface area contributed by atoms with Crippen molar-refractivity contribution in [3.8, 4) is 0 Å². The van der Waals surface area contributed by atoms with Crippen molar-refractivity contribution in [1.29, 1.82) is 0 Å². The van der Waals surface area contributed by atoms with Gasteiger partial charge in [0.25, 0.3) is 5.91 Å². The Labute approximate surface area is 190 Å². The Morgan fingerprint density at radius 2 is 1.81 bits per heavy atom. The van der Waals surface area contributed by atoms with Crippen LogP contribution in [0.1, 0.15) is 47.7 Å². The standard InChI is InChI=1S/C25H32ClN3O2/c1-4-12-29(17-23(30)27-24-19(3)15-18(2)16-22(24)26)21-10-13-28(14-11-21)25(31)20-8-6-5-7-9-20/h5-9,15-16,21H,4,10-14,17H2,1-3H3,(H,27,30). The van der Waals surface area contributed by atoms with Gasteiger partial charge in [0.1, 0.15) is 0 Å². The van der Waals surface area contributed by atoms with Crippen LogP contribution in [0.25, 0.3) is 0 Å². The molecule has 166 valence electrons. The van der Waals surface area contributed by atoms with E-state index in [0.29, 0.717) is 36.4 Å². The Morgan fingerprint density at radius 3 is 2.42 bits per heavy atom. The highest BCUT2D eigenvalue weighted by molar-refractivity contribution is 6.34. The van der Waals surface area contributed by atoms with Crippen LogP contribution in [0.2, 0.25) is 5.02 Å². The average molecular weight is 442 g/mol. The smallest absolute Gasteiger partial charge is 0.253 e.